The fourth-order valence-corrected chi connectivity index (χ4v) is 1.40. The van der Waals surface area contributed by atoms with Crippen LogP contribution in [-0.4, -0.2) is 42.6 Å². The van der Waals surface area contributed by atoms with Crippen LogP contribution in [0.1, 0.15) is 17.3 Å². The Balaban J connectivity index is 2.81. The van der Waals surface area contributed by atoms with Crippen LogP contribution >= 0.6 is 0 Å². The topological polar surface area (TPSA) is 63.7 Å². The number of ketones is 2. The number of benzene rings is 1. The Morgan fingerprint density at radius 2 is 1.75 bits per heavy atom. The van der Waals surface area contributed by atoms with Crippen molar-refractivity contribution in [1.82, 2.24) is 4.90 Å². The number of rotatable bonds is 6. The summed E-state index contributed by atoms with van der Waals surface area (Å²) in [6.07, 6.45) is 1.30. The number of esters is 1. The quantitative estimate of drug-likeness (QED) is 0.446. The largest absolute Gasteiger partial charge is 0.442 e. The molecular formula is C15H17NO4. The predicted octanol–water partition coefficient (Wildman–Crippen LogP) is 1.45. The van der Waals surface area contributed by atoms with Crippen LogP contribution in [0.5, 0.6) is 0 Å². The SMILES string of the molecule is CC(=O)C(OC(=O)c1ccccc1)C(=O)/C=C/N(C)C. The van der Waals surface area contributed by atoms with Gasteiger partial charge in [-0.2, -0.15) is 0 Å². The van der Waals surface area contributed by atoms with Gasteiger partial charge in [0.2, 0.25) is 11.9 Å². The van der Waals surface area contributed by atoms with E-state index in [1.807, 2.05) is 0 Å². The molecule has 0 aliphatic heterocycles. The normalized spacial score (nSPS) is 11.9. The van der Waals surface area contributed by atoms with Gasteiger partial charge in [-0.1, -0.05) is 18.2 Å². The Bertz CT molecular complexity index is 520. The lowest BCUT2D eigenvalue weighted by Crippen LogP contribution is -2.32. The molecule has 5 heteroatoms. The van der Waals surface area contributed by atoms with E-state index in [0.29, 0.717) is 5.56 Å². The minimum absolute atomic E-state index is 0.295. The molecule has 0 saturated heterocycles. The van der Waals surface area contributed by atoms with Crippen molar-refractivity contribution in [3.8, 4) is 0 Å². The summed E-state index contributed by atoms with van der Waals surface area (Å²) in [5, 5.41) is 0. The smallest absolute Gasteiger partial charge is 0.339 e. The molecule has 1 aromatic carbocycles. The Morgan fingerprint density at radius 3 is 2.25 bits per heavy atom. The molecule has 1 atom stereocenters. The van der Waals surface area contributed by atoms with E-state index in [-0.39, 0.29) is 0 Å². The van der Waals surface area contributed by atoms with E-state index in [1.165, 1.54) is 19.2 Å². The van der Waals surface area contributed by atoms with Crippen LogP contribution < -0.4 is 0 Å². The molecule has 0 bridgehead atoms. The van der Waals surface area contributed by atoms with E-state index < -0.39 is 23.6 Å². The minimum Gasteiger partial charge on any atom is -0.442 e. The first kappa shape index (κ1) is 15.6. The van der Waals surface area contributed by atoms with E-state index in [0.717, 1.165) is 0 Å². The highest BCUT2D eigenvalue weighted by atomic mass is 16.5. The zero-order chi connectivity index (χ0) is 15.1. The average molecular weight is 275 g/mol. The number of hydrogen-bond acceptors (Lipinski definition) is 5. The molecule has 1 rings (SSSR count). The zero-order valence-electron chi connectivity index (χ0n) is 11.7. The standard InChI is InChI=1S/C15H17NO4/c1-11(17)14(13(18)9-10-16(2)3)20-15(19)12-7-5-4-6-8-12/h4-10,14H,1-3H3/b10-9+. The third-order valence-electron chi connectivity index (χ3n) is 2.40. The maximum absolute atomic E-state index is 11.8. The van der Waals surface area contributed by atoms with Gasteiger partial charge in [-0.15, -0.1) is 0 Å². The molecule has 0 aromatic heterocycles. The van der Waals surface area contributed by atoms with Crippen molar-refractivity contribution < 1.29 is 19.1 Å². The summed E-state index contributed by atoms with van der Waals surface area (Å²) in [6, 6.07) is 8.21. The highest BCUT2D eigenvalue weighted by molar-refractivity contribution is 6.11. The highest BCUT2D eigenvalue weighted by Crippen LogP contribution is 2.06. The van der Waals surface area contributed by atoms with Gasteiger partial charge in [0.25, 0.3) is 0 Å². The molecule has 0 amide bonds. The molecule has 0 spiro atoms. The van der Waals surface area contributed by atoms with Gasteiger partial charge in [-0.25, -0.2) is 4.79 Å². The monoisotopic (exact) mass is 275 g/mol. The second-order valence-electron chi connectivity index (χ2n) is 4.44. The summed E-state index contributed by atoms with van der Waals surface area (Å²) in [5.74, 6) is -1.77. The summed E-state index contributed by atoms with van der Waals surface area (Å²) in [6.45, 7) is 1.21. The maximum atomic E-state index is 11.8. The van der Waals surface area contributed by atoms with Crippen LogP contribution in [0.4, 0.5) is 0 Å². The molecule has 0 heterocycles. The van der Waals surface area contributed by atoms with Crippen LogP contribution in [0.25, 0.3) is 0 Å². The first-order chi connectivity index (χ1) is 9.41. The van der Waals surface area contributed by atoms with E-state index in [4.69, 9.17) is 4.74 Å². The molecule has 106 valence electrons. The van der Waals surface area contributed by atoms with E-state index in [1.54, 1.807) is 49.3 Å². The fourth-order valence-electron chi connectivity index (χ4n) is 1.40. The van der Waals surface area contributed by atoms with Crippen LogP contribution in [0, 0.1) is 0 Å². The van der Waals surface area contributed by atoms with Crippen molar-refractivity contribution in [2.75, 3.05) is 14.1 Å². The molecule has 0 radical (unpaired) electrons. The minimum atomic E-state index is -1.40. The highest BCUT2D eigenvalue weighted by Gasteiger charge is 2.26. The van der Waals surface area contributed by atoms with Crippen molar-refractivity contribution in [3.05, 3.63) is 48.2 Å². The molecule has 0 aliphatic carbocycles. The summed E-state index contributed by atoms with van der Waals surface area (Å²) >= 11 is 0. The third kappa shape index (κ3) is 4.68. The first-order valence-electron chi connectivity index (χ1n) is 6.06. The Morgan fingerprint density at radius 1 is 1.15 bits per heavy atom. The van der Waals surface area contributed by atoms with Gasteiger partial charge in [0, 0.05) is 26.4 Å². The van der Waals surface area contributed by atoms with E-state index in [2.05, 4.69) is 0 Å². The van der Waals surface area contributed by atoms with E-state index in [9.17, 15) is 14.4 Å². The second-order valence-corrected chi connectivity index (χ2v) is 4.44. The lowest BCUT2D eigenvalue weighted by molar-refractivity contribution is -0.135. The van der Waals surface area contributed by atoms with E-state index >= 15 is 0 Å². The van der Waals surface area contributed by atoms with Crippen LogP contribution in [0.15, 0.2) is 42.6 Å². The average Bonchev–Trinajstić information content (AvgIpc) is 2.42. The molecule has 0 N–H and O–H groups in total. The summed E-state index contributed by atoms with van der Waals surface area (Å²) in [7, 11) is 3.48. The van der Waals surface area contributed by atoms with Gasteiger partial charge in [0.05, 0.1) is 5.56 Å². The molecule has 1 unspecified atom stereocenters. The molecule has 20 heavy (non-hydrogen) atoms. The molecule has 0 fully saturated rings. The molecule has 0 saturated carbocycles. The third-order valence-corrected chi connectivity index (χ3v) is 2.40. The van der Waals surface area contributed by atoms with Gasteiger partial charge in [-0.3, -0.25) is 9.59 Å². The van der Waals surface area contributed by atoms with Gasteiger partial charge in [-0.05, 0) is 19.1 Å². The summed E-state index contributed by atoms with van der Waals surface area (Å²) < 4.78 is 4.98. The predicted molar refractivity (Wildman–Crippen MR) is 74.2 cm³/mol. The Labute approximate surface area is 117 Å². The van der Waals surface area contributed by atoms with Gasteiger partial charge in [0.1, 0.15) is 0 Å². The lowest BCUT2D eigenvalue weighted by Gasteiger charge is -2.12. The second kappa shape index (κ2) is 7.23. The molecule has 0 aliphatic rings. The van der Waals surface area contributed by atoms with Gasteiger partial charge < -0.3 is 9.64 Å². The Kier molecular flexibility index (Phi) is 5.65. The van der Waals surface area contributed by atoms with Crippen LogP contribution in [0.3, 0.4) is 0 Å². The van der Waals surface area contributed by atoms with Crippen LogP contribution in [-0.2, 0) is 14.3 Å². The molecule has 5 nitrogen and oxygen atoms in total. The molecule has 1 aromatic rings. The maximum Gasteiger partial charge on any atom is 0.339 e. The number of hydrogen-bond donors (Lipinski definition) is 0. The molecular weight excluding hydrogens is 258 g/mol. The number of Topliss-reactive ketones (excluding diaryl/α,β-unsaturated/α-hetero) is 1. The Hall–Kier alpha value is -2.43. The van der Waals surface area contributed by atoms with Gasteiger partial charge in [0.15, 0.2) is 5.78 Å². The number of ether oxygens (including phenoxy) is 1. The van der Waals surface area contributed by atoms with Crippen molar-refractivity contribution in [2.24, 2.45) is 0 Å². The fraction of sp³-hybridized carbons (Fsp3) is 0.267. The van der Waals surface area contributed by atoms with Crippen molar-refractivity contribution in [2.45, 2.75) is 13.0 Å². The summed E-state index contributed by atoms with van der Waals surface area (Å²) in [4.78, 5) is 36.8. The number of nitrogens with zero attached hydrogens (tertiary/aromatic N) is 1. The zero-order valence-corrected chi connectivity index (χ0v) is 11.7. The van der Waals surface area contributed by atoms with Crippen LogP contribution in [0.2, 0.25) is 0 Å². The van der Waals surface area contributed by atoms with Crippen molar-refractivity contribution in [3.63, 3.8) is 0 Å². The van der Waals surface area contributed by atoms with Crippen molar-refractivity contribution >= 4 is 17.5 Å². The summed E-state index contributed by atoms with van der Waals surface area (Å²) in [5.41, 5.74) is 0.295. The number of carbonyl (C=O) groups excluding carboxylic acids is 3. The van der Waals surface area contributed by atoms with Gasteiger partial charge >= 0.3 is 5.97 Å². The van der Waals surface area contributed by atoms with Crippen molar-refractivity contribution in [1.29, 1.82) is 0 Å². The lowest BCUT2D eigenvalue weighted by atomic mass is 10.1. The number of carbonyl (C=O) groups is 3. The first-order valence-corrected chi connectivity index (χ1v) is 6.06.